The minimum absolute atomic E-state index is 0.120. The van der Waals surface area contributed by atoms with Crippen LogP contribution in [0, 0.1) is 5.41 Å². The molecule has 0 bridgehead atoms. The molecule has 0 aromatic heterocycles. The van der Waals surface area contributed by atoms with E-state index < -0.39 is 0 Å². The van der Waals surface area contributed by atoms with Gasteiger partial charge in [-0.15, -0.1) is 0 Å². The minimum Gasteiger partial charge on any atom is -0.395 e. The summed E-state index contributed by atoms with van der Waals surface area (Å²) in [6.45, 7) is 4.76. The lowest BCUT2D eigenvalue weighted by molar-refractivity contribution is -0.0506. The number of benzene rings is 1. The molecule has 1 aliphatic heterocycles. The fraction of sp³-hybridized carbons (Fsp3) is 0.467. The van der Waals surface area contributed by atoms with Gasteiger partial charge in [-0.3, -0.25) is 0 Å². The predicted octanol–water partition coefficient (Wildman–Crippen LogP) is 2.57. The number of hydrogen-bond donors (Lipinski definition) is 1. The van der Waals surface area contributed by atoms with E-state index in [0.717, 1.165) is 6.42 Å². The normalized spacial score (nSPS) is 27.0. The van der Waals surface area contributed by atoms with Gasteiger partial charge in [-0.25, -0.2) is 0 Å². The number of aliphatic hydroxyl groups excluding tert-OH is 1. The molecular weight excluding hydrogens is 212 g/mol. The molecule has 2 rings (SSSR count). The molecule has 2 heteroatoms. The molecule has 0 aliphatic carbocycles. The largest absolute Gasteiger partial charge is 0.395 e. The van der Waals surface area contributed by atoms with Crippen molar-refractivity contribution < 1.29 is 9.84 Å². The van der Waals surface area contributed by atoms with E-state index in [4.69, 9.17) is 4.74 Å². The van der Waals surface area contributed by atoms with Gasteiger partial charge in [0.2, 0.25) is 0 Å². The first-order chi connectivity index (χ1) is 8.05. The molecule has 17 heavy (non-hydrogen) atoms. The van der Waals surface area contributed by atoms with Crippen LogP contribution in [0.15, 0.2) is 42.5 Å². The molecule has 0 amide bonds. The third-order valence-corrected chi connectivity index (χ3v) is 3.28. The lowest BCUT2D eigenvalue weighted by Crippen LogP contribution is -2.40. The summed E-state index contributed by atoms with van der Waals surface area (Å²) in [6.07, 6.45) is 4.98. The highest BCUT2D eigenvalue weighted by Gasteiger charge is 2.34. The van der Waals surface area contributed by atoms with E-state index >= 15 is 0 Å². The zero-order chi connectivity index (χ0) is 12.4. The van der Waals surface area contributed by atoms with Crippen molar-refractivity contribution in [3.05, 3.63) is 48.0 Å². The summed E-state index contributed by atoms with van der Waals surface area (Å²) in [5.41, 5.74) is 0.751. The average molecular weight is 232 g/mol. The Hall–Kier alpha value is -1.12. The molecule has 1 heterocycles. The molecule has 92 valence electrons. The van der Waals surface area contributed by atoms with E-state index in [1.807, 2.05) is 32.0 Å². The Kier molecular flexibility index (Phi) is 3.36. The first kappa shape index (κ1) is 12.3. The average Bonchev–Trinajstić information content (AvgIpc) is 2.34. The van der Waals surface area contributed by atoms with Gasteiger partial charge in [-0.1, -0.05) is 42.5 Å². The Labute approximate surface area is 103 Å². The Morgan fingerprint density at radius 1 is 1.18 bits per heavy atom. The summed E-state index contributed by atoms with van der Waals surface area (Å²) in [6, 6.07) is 10.2. The predicted molar refractivity (Wildman–Crippen MR) is 68.8 cm³/mol. The highest BCUT2D eigenvalue weighted by atomic mass is 16.5. The molecule has 0 saturated heterocycles. The summed E-state index contributed by atoms with van der Waals surface area (Å²) in [7, 11) is 0. The lowest BCUT2D eigenvalue weighted by atomic mass is 9.80. The van der Waals surface area contributed by atoms with Gasteiger partial charge in [0, 0.05) is 5.41 Å². The first-order valence-electron chi connectivity index (χ1n) is 6.04. The quantitative estimate of drug-likeness (QED) is 0.812. The number of rotatable bonds is 3. The van der Waals surface area contributed by atoms with Crippen molar-refractivity contribution in [2.24, 2.45) is 5.41 Å². The third kappa shape index (κ3) is 2.96. The maximum absolute atomic E-state index is 9.64. The molecule has 1 N–H and O–H groups in total. The number of ether oxygens (including phenoxy) is 1. The van der Waals surface area contributed by atoms with E-state index in [-0.39, 0.29) is 17.6 Å². The van der Waals surface area contributed by atoms with Gasteiger partial charge in [0.15, 0.2) is 0 Å². The van der Waals surface area contributed by atoms with Gasteiger partial charge >= 0.3 is 0 Å². The molecular formula is C15H20O2. The fourth-order valence-electron chi connectivity index (χ4n) is 2.07. The van der Waals surface area contributed by atoms with Crippen LogP contribution in [0.1, 0.15) is 19.4 Å². The van der Waals surface area contributed by atoms with Crippen LogP contribution in [0.2, 0.25) is 0 Å². The summed E-state index contributed by atoms with van der Waals surface area (Å²) in [5, 5.41) is 9.64. The Morgan fingerprint density at radius 3 is 2.41 bits per heavy atom. The van der Waals surface area contributed by atoms with Gasteiger partial charge in [0.05, 0.1) is 18.8 Å². The van der Waals surface area contributed by atoms with Crippen LogP contribution in [0.25, 0.3) is 0 Å². The monoisotopic (exact) mass is 232 g/mol. The number of hydrogen-bond acceptors (Lipinski definition) is 2. The van der Waals surface area contributed by atoms with E-state index in [2.05, 4.69) is 24.3 Å². The fourth-order valence-corrected chi connectivity index (χ4v) is 2.07. The third-order valence-electron chi connectivity index (χ3n) is 3.28. The highest BCUT2D eigenvalue weighted by molar-refractivity contribution is 5.21. The summed E-state index contributed by atoms with van der Waals surface area (Å²) >= 11 is 0. The second-order valence-corrected chi connectivity index (χ2v) is 5.41. The second kappa shape index (κ2) is 4.63. The van der Waals surface area contributed by atoms with Crippen LogP contribution in [-0.2, 0) is 11.2 Å². The Balaban J connectivity index is 2.17. The highest BCUT2D eigenvalue weighted by Crippen LogP contribution is 2.32. The van der Waals surface area contributed by atoms with Crippen molar-refractivity contribution in [3.63, 3.8) is 0 Å². The van der Waals surface area contributed by atoms with Crippen LogP contribution < -0.4 is 0 Å². The van der Waals surface area contributed by atoms with Gasteiger partial charge in [0.1, 0.15) is 0 Å². The van der Waals surface area contributed by atoms with Crippen molar-refractivity contribution >= 4 is 0 Å². The molecule has 0 spiro atoms. The maximum atomic E-state index is 9.64. The topological polar surface area (TPSA) is 29.5 Å². The summed E-state index contributed by atoms with van der Waals surface area (Å²) in [4.78, 5) is 0. The molecule has 0 saturated carbocycles. The SMILES string of the molecule is CC1(C)C=C[C@@](CO)(Cc2ccccc2)CO1. The second-order valence-electron chi connectivity index (χ2n) is 5.41. The van der Waals surface area contributed by atoms with Crippen molar-refractivity contribution in [2.45, 2.75) is 25.9 Å². The molecule has 1 atom stereocenters. The van der Waals surface area contributed by atoms with Crippen molar-refractivity contribution in [1.29, 1.82) is 0 Å². The molecule has 0 radical (unpaired) electrons. The van der Waals surface area contributed by atoms with Crippen LogP contribution in [0.3, 0.4) is 0 Å². The zero-order valence-electron chi connectivity index (χ0n) is 10.5. The van der Waals surface area contributed by atoms with Crippen LogP contribution in [0.5, 0.6) is 0 Å². The van der Waals surface area contributed by atoms with Gasteiger partial charge in [-0.05, 0) is 25.8 Å². The zero-order valence-corrected chi connectivity index (χ0v) is 10.5. The molecule has 1 aromatic carbocycles. The van der Waals surface area contributed by atoms with Gasteiger partial charge in [-0.2, -0.15) is 0 Å². The summed E-state index contributed by atoms with van der Waals surface area (Å²) in [5.74, 6) is 0. The van der Waals surface area contributed by atoms with Crippen molar-refractivity contribution in [3.8, 4) is 0 Å². The smallest absolute Gasteiger partial charge is 0.0807 e. The Bertz CT molecular complexity index is 395. The van der Waals surface area contributed by atoms with Gasteiger partial charge < -0.3 is 9.84 Å². The first-order valence-corrected chi connectivity index (χ1v) is 6.04. The van der Waals surface area contributed by atoms with E-state index in [9.17, 15) is 5.11 Å². The molecule has 1 aromatic rings. The molecule has 0 fully saturated rings. The van der Waals surface area contributed by atoms with E-state index in [1.54, 1.807) is 0 Å². The lowest BCUT2D eigenvalue weighted by Gasteiger charge is -2.37. The van der Waals surface area contributed by atoms with Crippen LogP contribution in [-0.4, -0.2) is 23.9 Å². The standard InChI is InChI=1S/C15H20O2/c1-14(2)8-9-15(11-16,12-17-14)10-13-6-4-3-5-7-13/h3-9,16H,10-12H2,1-2H3/t15-/m0/s1. The summed E-state index contributed by atoms with van der Waals surface area (Å²) < 4.78 is 5.80. The Morgan fingerprint density at radius 2 is 1.88 bits per heavy atom. The van der Waals surface area contributed by atoms with Crippen molar-refractivity contribution in [2.75, 3.05) is 13.2 Å². The molecule has 1 aliphatic rings. The maximum Gasteiger partial charge on any atom is 0.0807 e. The van der Waals surface area contributed by atoms with E-state index in [1.165, 1.54) is 5.56 Å². The van der Waals surface area contributed by atoms with Gasteiger partial charge in [0.25, 0.3) is 0 Å². The van der Waals surface area contributed by atoms with Crippen LogP contribution in [0.4, 0.5) is 0 Å². The minimum atomic E-state index is -0.267. The van der Waals surface area contributed by atoms with Crippen LogP contribution >= 0.6 is 0 Å². The van der Waals surface area contributed by atoms with E-state index in [0.29, 0.717) is 6.61 Å². The molecule has 2 nitrogen and oxygen atoms in total. The number of aliphatic hydroxyl groups is 1. The molecule has 0 unspecified atom stereocenters. The van der Waals surface area contributed by atoms with Crippen molar-refractivity contribution in [1.82, 2.24) is 0 Å².